The molecule has 0 aliphatic heterocycles. The Bertz CT molecular complexity index is 976. The molecule has 0 aromatic heterocycles. The number of Topliss-reactive ketones (excluding diaryl/α,β-unsaturated/α-hetero) is 1. The Hall–Kier alpha value is -2.88. The Morgan fingerprint density at radius 2 is 1.13 bits per heavy atom. The highest BCUT2D eigenvalue weighted by molar-refractivity contribution is 6.06. The third-order valence-electron chi connectivity index (χ3n) is 7.36. The van der Waals surface area contributed by atoms with E-state index < -0.39 is 0 Å². The average Bonchev–Trinajstić information content (AvgIpc) is 2.94. The number of aromatic hydroxyl groups is 1. The van der Waals surface area contributed by atoms with Gasteiger partial charge in [-0.3, -0.25) is 9.59 Å². The van der Waals surface area contributed by atoms with Gasteiger partial charge in [-0.15, -0.1) is 0 Å². The fraction of sp³-hybridized carbons (Fsp3) is 0.543. The highest BCUT2D eigenvalue weighted by atomic mass is 16.3. The minimum Gasteiger partial charge on any atom is -0.508 e. The monoisotopic (exact) mass is 533 g/mol. The van der Waals surface area contributed by atoms with Crippen molar-refractivity contribution in [2.75, 3.05) is 5.32 Å². The van der Waals surface area contributed by atoms with Crippen LogP contribution in [0.1, 0.15) is 139 Å². The molecule has 2 rings (SSSR count). The second kappa shape index (κ2) is 20.1. The van der Waals surface area contributed by atoms with Crippen LogP contribution in [0.2, 0.25) is 0 Å². The van der Waals surface area contributed by atoms with Gasteiger partial charge in [0.05, 0.1) is 0 Å². The lowest BCUT2D eigenvalue weighted by atomic mass is 10.0. The first-order valence-electron chi connectivity index (χ1n) is 15.4. The molecule has 0 saturated heterocycles. The molecule has 0 atom stereocenters. The molecule has 0 aliphatic carbocycles. The summed E-state index contributed by atoms with van der Waals surface area (Å²) in [5, 5.41) is 12.3. The number of carbonyl (C=O) groups excluding carboxylic acids is 2. The summed E-state index contributed by atoms with van der Waals surface area (Å²) in [7, 11) is 0. The van der Waals surface area contributed by atoms with Crippen LogP contribution in [0.25, 0.3) is 6.08 Å². The molecule has 0 spiro atoms. The van der Waals surface area contributed by atoms with Gasteiger partial charge in [0.2, 0.25) is 0 Å². The minimum atomic E-state index is -0.199. The number of ketones is 1. The third-order valence-corrected chi connectivity index (χ3v) is 7.36. The molecule has 0 unspecified atom stereocenters. The second-order valence-corrected chi connectivity index (χ2v) is 10.9. The number of benzene rings is 2. The summed E-state index contributed by atoms with van der Waals surface area (Å²) < 4.78 is 0. The zero-order valence-corrected chi connectivity index (χ0v) is 24.5. The number of carbonyl (C=O) groups is 2. The molecule has 4 nitrogen and oxygen atoms in total. The summed E-state index contributed by atoms with van der Waals surface area (Å²) in [6.45, 7) is 4.02. The number of nitrogens with one attached hydrogen (secondary N) is 1. The van der Waals surface area contributed by atoms with Gasteiger partial charge in [-0.2, -0.15) is 0 Å². The van der Waals surface area contributed by atoms with E-state index in [1.807, 2.05) is 0 Å². The number of rotatable bonds is 21. The maximum Gasteiger partial charge on any atom is 0.251 e. The lowest BCUT2D eigenvalue weighted by Crippen LogP contribution is -2.12. The van der Waals surface area contributed by atoms with Crippen molar-refractivity contribution >= 4 is 23.5 Å². The van der Waals surface area contributed by atoms with Crippen LogP contribution in [0.5, 0.6) is 5.75 Å². The fourth-order valence-corrected chi connectivity index (χ4v) is 4.83. The molecule has 0 saturated carbocycles. The van der Waals surface area contributed by atoms with Gasteiger partial charge in [-0.1, -0.05) is 115 Å². The topological polar surface area (TPSA) is 66.4 Å². The van der Waals surface area contributed by atoms with Crippen molar-refractivity contribution in [2.45, 2.75) is 123 Å². The van der Waals surface area contributed by atoms with Crippen LogP contribution in [0, 0.1) is 0 Å². The van der Waals surface area contributed by atoms with E-state index >= 15 is 0 Å². The van der Waals surface area contributed by atoms with Gasteiger partial charge in [-0.25, -0.2) is 0 Å². The number of hydrogen-bond acceptors (Lipinski definition) is 3. The third kappa shape index (κ3) is 14.7. The molecule has 2 aromatic rings. The Morgan fingerprint density at radius 1 is 0.667 bits per heavy atom. The van der Waals surface area contributed by atoms with E-state index in [-0.39, 0.29) is 17.4 Å². The van der Waals surface area contributed by atoms with Crippen LogP contribution in [0.4, 0.5) is 5.69 Å². The second-order valence-electron chi connectivity index (χ2n) is 10.9. The maximum absolute atomic E-state index is 12.5. The van der Waals surface area contributed by atoms with Crippen molar-refractivity contribution in [2.24, 2.45) is 0 Å². The summed E-state index contributed by atoms with van der Waals surface area (Å²) in [5.41, 5.74) is 2.77. The number of hydrogen-bond donors (Lipinski definition) is 2. The van der Waals surface area contributed by atoms with Crippen LogP contribution in [0.3, 0.4) is 0 Å². The normalized spacial score (nSPS) is 11.5. The summed E-state index contributed by atoms with van der Waals surface area (Å²) in [4.78, 5) is 25.0. The Balaban J connectivity index is 1.51. The number of phenols is 1. The van der Waals surface area contributed by atoms with Gasteiger partial charge >= 0.3 is 0 Å². The Kier molecular flexibility index (Phi) is 16.6. The fourth-order valence-electron chi connectivity index (χ4n) is 4.83. The number of phenolic OH excluding ortho intramolecular Hbond substituents is 1. The molecule has 0 heterocycles. The van der Waals surface area contributed by atoms with E-state index in [9.17, 15) is 14.7 Å². The zero-order valence-electron chi connectivity index (χ0n) is 24.5. The van der Waals surface area contributed by atoms with Gasteiger partial charge in [0.15, 0.2) is 5.78 Å². The molecule has 0 aliphatic rings. The lowest BCUT2D eigenvalue weighted by Gasteiger charge is -2.07. The molecule has 1 amide bonds. The van der Waals surface area contributed by atoms with E-state index in [0.717, 1.165) is 18.4 Å². The SMILES string of the molecule is CCCCCCCCCCCCCCCCCCC(=O)c1ccc(NC(=O)C(C)=Cc2ccc(O)cc2)cc1. The molecule has 0 bridgehead atoms. The van der Waals surface area contributed by atoms with Crippen LogP contribution in [0.15, 0.2) is 54.1 Å². The first kappa shape index (κ1) is 32.3. The highest BCUT2D eigenvalue weighted by Gasteiger charge is 2.08. The summed E-state index contributed by atoms with van der Waals surface area (Å²) >= 11 is 0. The van der Waals surface area contributed by atoms with Crippen LogP contribution in [-0.2, 0) is 4.79 Å². The molecule has 0 fully saturated rings. The first-order chi connectivity index (χ1) is 19.0. The largest absolute Gasteiger partial charge is 0.508 e. The van der Waals surface area contributed by atoms with Crippen LogP contribution in [-0.4, -0.2) is 16.8 Å². The molecule has 2 aromatic carbocycles. The van der Waals surface area contributed by atoms with E-state index in [1.54, 1.807) is 61.5 Å². The van der Waals surface area contributed by atoms with Gasteiger partial charge in [0, 0.05) is 23.2 Å². The lowest BCUT2D eigenvalue weighted by molar-refractivity contribution is -0.112. The predicted molar refractivity (Wildman–Crippen MR) is 165 cm³/mol. The van der Waals surface area contributed by atoms with Crippen LogP contribution < -0.4 is 5.32 Å². The summed E-state index contributed by atoms with van der Waals surface area (Å²) in [6, 6.07) is 13.9. The van der Waals surface area contributed by atoms with E-state index in [4.69, 9.17) is 0 Å². The summed E-state index contributed by atoms with van der Waals surface area (Å²) in [5.74, 6) is 0.163. The molecular weight excluding hydrogens is 482 g/mol. The highest BCUT2D eigenvalue weighted by Crippen LogP contribution is 2.17. The molecule has 214 valence electrons. The first-order valence-corrected chi connectivity index (χ1v) is 15.4. The molecule has 0 radical (unpaired) electrons. The minimum absolute atomic E-state index is 0.168. The van der Waals surface area contributed by atoms with Crippen molar-refractivity contribution in [1.29, 1.82) is 0 Å². The van der Waals surface area contributed by atoms with Gasteiger partial charge < -0.3 is 10.4 Å². The summed E-state index contributed by atoms with van der Waals surface area (Å²) in [6.07, 6.45) is 23.6. The Labute approximate surface area is 237 Å². The van der Waals surface area contributed by atoms with E-state index in [2.05, 4.69) is 12.2 Å². The Morgan fingerprint density at radius 3 is 1.62 bits per heavy atom. The van der Waals surface area contributed by atoms with Crippen molar-refractivity contribution in [1.82, 2.24) is 0 Å². The molecule has 2 N–H and O–H groups in total. The molecule has 39 heavy (non-hydrogen) atoms. The molecular formula is C35H51NO3. The molecule has 4 heteroatoms. The van der Waals surface area contributed by atoms with E-state index in [0.29, 0.717) is 23.2 Å². The van der Waals surface area contributed by atoms with Crippen molar-refractivity contribution in [3.63, 3.8) is 0 Å². The quantitative estimate of drug-likeness (QED) is 0.0952. The maximum atomic E-state index is 12.5. The van der Waals surface area contributed by atoms with Crippen molar-refractivity contribution in [3.8, 4) is 5.75 Å². The zero-order chi connectivity index (χ0) is 28.1. The van der Waals surface area contributed by atoms with Crippen molar-refractivity contribution in [3.05, 3.63) is 65.2 Å². The standard InChI is InChI=1S/C35H51NO3/c1-3-4-5-6-7-8-9-10-11-12-13-14-15-16-17-18-19-34(38)31-22-24-32(25-23-31)36-35(39)29(2)28-30-20-26-33(37)27-21-30/h20-28,37H,3-19H2,1-2H3,(H,36,39). The van der Waals surface area contributed by atoms with Gasteiger partial charge in [-0.05, 0) is 61.4 Å². The number of unbranched alkanes of at least 4 members (excludes halogenated alkanes) is 15. The smallest absolute Gasteiger partial charge is 0.251 e. The van der Waals surface area contributed by atoms with E-state index in [1.165, 1.54) is 89.9 Å². The average molecular weight is 534 g/mol. The predicted octanol–water partition coefficient (Wildman–Crippen LogP) is 10.3. The van der Waals surface area contributed by atoms with Crippen LogP contribution >= 0.6 is 0 Å². The number of anilines is 1. The number of amides is 1. The van der Waals surface area contributed by atoms with Gasteiger partial charge in [0.1, 0.15) is 5.75 Å². The van der Waals surface area contributed by atoms with Crippen molar-refractivity contribution < 1.29 is 14.7 Å². The van der Waals surface area contributed by atoms with Gasteiger partial charge in [0.25, 0.3) is 5.91 Å².